The molecule has 2 N–H and O–H groups in total. The highest BCUT2D eigenvalue weighted by Gasteiger charge is 2.20. The fourth-order valence-corrected chi connectivity index (χ4v) is 4.88. The van der Waals surface area contributed by atoms with Crippen molar-refractivity contribution in [2.45, 2.75) is 17.9 Å². The van der Waals surface area contributed by atoms with Crippen molar-refractivity contribution in [1.29, 1.82) is 0 Å². The summed E-state index contributed by atoms with van der Waals surface area (Å²) in [5.74, 6) is -0.811. The van der Waals surface area contributed by atoms with Gasteiger partial charge in [-0.15, -0.1) is 0 Å². The minimum absolute atomic E-state index is 0.00237. The van der Waals surface area contributed by atoms with Crippen LogP contribution in [0, 0.1) is 12.7 Å². The molecule has 6 nitrogen and oxygen atoms in total. The number of carbonyl (C=O) groups is 1. The largest absolute Gasteiger partial charge is 0.350 e. The Morgan fingerprint density at radius 2 is 1.84 bits per heavy atom. The summed E-state index contributed by atoms with van der Waals surface area (Å²) in [4.78, 5) is 14.8. The standard InChI is InChI=1S/C22H24FN3O3S2/c1-15-4-9-19(31(28,29)25-18-7-5-17(23)6-8-18)12-20(15)22(27)24-13-21(26(2)3)16-10-11-30-14-16/h4-12,14,21,25H,13H2,1-3H3,(H,24,27). The third kappa shape index (κ3) is 5.69. The van der Waals surface area contributed by atoms with Crippen LogP contribution >= 0.6 is 11.3 Å². The van der Waals surface area contributed by atoms with E-state index in [2.05, 4.69) is 10.0 Å². The first-order valence-corrected chi connectivity index (χ1v) is 12.0. The van der Waals surface area contributed by atoms with E-state index in [1.54, 1.807) is 24.3 Å². The molecule has 1 amide bonds. The number of nitrogens with zero attached hydrogens (tertiary/aromatic N) is 1. The van der Waals surface area contributed by atoms with Gasteiger partial charge in [0, 0.05) is 17.8 Å². The van der Waals surface area contributed by atoms with Crippen LogP contribution in [0.3, 0.4) is 0 Å². The van der Waals surface area contributed by atoms with Gasteiger partial charge in [0.05, 0.1) is 10.9 Å². The highest BCUT2D eigenvalue weighted by molar-refractivity contribution is 7.92. The van der Waals surface area contributed by atoms with Crippen LogP contribution in [0.1, 0.15) is 27.5 Å². The summed E-state index contributed by atoms with van der Waals surface area (Å²) in [7, 11) is -0.0613. The number of hydrogen-bond acceptors (Lipinski definition) is 5. The zero-order valence-corrected chi connectivity index (χ0v) is 19.1. The zero-order valence-electron chi connectivity index (χ0n) is 17.4. The van der Waals surface area contributed by atoms with Crippen molar-refractivity contribution in [2.24, 2.45) is 0 Å². The van der Waals surface area contributed by atoms with E-state index >= 15 is 0 Å². The normalized spacial score (nSPS) is 12.5. The second kappa shape index (κ2) is 9.59. The third-order valence-electron chi connectivity index (χ3n) is 4.87. The number of sulfonamides is 1. The lowest BCUT2D eigenvalue weighted by molar-refractivity contribution is 0.0941. The SMILES string of the molecule is Cc1ccc(S(=O)(=O)Nc2ccc(F)cc2)cc1C(=O)NCC(c1ccsc1)N(C)C. The number of nitrogens with one attached hydrogen (secondary N) is 2. The van der Waals surface area contributed by atoms with Crippen molar-refractivity contribution in [3.8, 4) is 0 Å². The number of halogens is 1. The van der Waals surface area contributed by atoms with Gasteiger partial charge in [0.15, 0.2) is 0 Å². The van der Waals surface area contributed by atoms with Crippen molar-refractivity contribution < 1.29 is 17.6 Å². The number of thiophene rings is 1. The minimum atomic E-state index is -3.94. The van der Waals surface area contributed by atoms with Crippen molar-refractivity contribution in [2.75, 3.05) is 25.4 Å². The number of anilines is 1. The molecule has 1 unspecified atom stereocenters. The molecule has 0 fully saturated rings. The van der Waals surface area contributed by atoms with Crippen LogP contribution in [0.2, 0.25) is 0 Å². The average Bonchev–Trinajstić information content (AvgIpc) is 3.24. The summed E-state index contributed by atoms with van der Waals surface area (Å²) in [5.41, 5.74) is 2.28. The van der Waals surface area contributed by atoms with Gasteiger partial charge in [0.2, 0.25) is 0 Å². The molecule has 0 aliphatic rings. The minimum Gasteiger partial charge on any atom is -0.350 e. The Morgan fingerprint density at radius 3 is 2.45 bits per heavy atom. The number of hydrogen-bond donors (Lipinski definition) is 2. The summed E-state index contributed by atoms with van der Waals surface area (Å²) < 4.78 is 41.0. The molecule has 1 atom stereocenters. The van der Waals surface area contributed by atoms with Crippen molar-refractivity contribution in [3.05, 3.63) is 81.8 Å². The molecule has 1 aromatic heterocycles. The smallest absolute Gasteiger partial charge is 0.261 e. The quantitative estimate of drug-likeness (QED) is 0.531. The molecular weight excluding hydrogens is 437 g/mol. The van der Waals surface area contributed by atoms with E-state index < -0.39 is 15.8 Å². The third-order valence-corrected chi connectivity index (χ3v) is 6.95. The Bertz CT molecular complexity index is 1150. The van der Waals surface area contributed by atoms with Crippen LogP contribution in [-0.4, -0.2) is 39.9 Å². The van der Waals surface area contributed by atoms with E-state index in [9.17, 15) is 17.6 Å². The van der Waals surface area contributed by atoms with Gasteiger partial charge in [0.1, 0.15) is 5.82 Å². The van der Waals surface area contributed by atoms with E-state index in [-0.39, 0.29) is 28.1 Å². The molecule has 0 aliphatic heterocycles. The Kier molecular flexibility index (Phi) is 7.09. The van der Waals surface area contributed by atoms with Gasteiger partial charge < -0.3 is 10.2 Å². The van der Waals surface area contributed by atoms with E-state index in [0.717, 1.165) is 5.56 Å². The number of carbonyl (C=O) groups excluding carboxylic acids is 1. The first kappa shape index (κ1) is 22.9. The lowest BCUT2D eigenvalue weighted by Gasteiger charge is -2.24. The number of amides is 1. The Morgan fingerprint density at radius 1 is 1.13 bits per heavy atom. The summed E-state index contributed by atoms with van der Waals surface area (Å²) in [6.45, 7) is 2.13. The van der Waals surface area contributed by atoms with E-state index in [1.807, 2.05) is 35.8 Å². The molecule has 3 aromatic rings. The number of aryl methyl sites for hydroxylation is 1. The predicted molar refractivity (Wildman–Crippen MR) is 121 cm³/mol. The molecule has 1 heterocycles. The van der Waals surface area contributed by atoms with Crippen molar-refractivity contribution in [3.63, 3.8) is 0 Å². The topological polar surface area (TPSA) is 78.5 Å². The molecule has 0 spiro atoms. The van der Waals surface area contributed by atoms with E-state index in [0.29, 0.717) is 12.1 Å². The van der Waals surface area contributed by atoms with Gasteiger partial charge in [-0.25, -0.2) is 12.8 Å². The number of benzene rings is 2. The molecular formula is C22H24FN3O3S2. The van der Waals surface area contributed by atoms with E-state index in [1.165, 1.54) is 36.4 Å². The van der Waals surface area contributed by atoms with Gasteiger partial charge in [-0.2, -0.15) is 11.3 Å². The lowest BCUT2D eigenvalue weighted by atomic mass is 10.1. The average molecular weight is 462 g/mol. The molecule has 164 valence electrons. The van der Waals surface area contributed by atoms with Gasteiger partial charge in [-0.1, -0.05) is 6.07 Å². The summed E-state index contributed by atoms with van der Waals surface area (Å²) in [6.07, 6.45) is 0. The summed E-state index contributed by atoms with van der Waals surface area (Å²) in [5, 5.41) is 6.94. The van der Waals surface area contributed by atoms with Gasteiger partial charge in [-0.3, -0.25) is 9.52 Å². The van der Waals surface area contributed by atoms with Crippen molar-refractivity contribution >= 4 is 33.0 Å². The van der Waals surface area contributed by atoms with Gasteiger partial charge in [-0.05, 0) is 85.4 Å². The van der Waals surface area contributed by atoms with Gasteiger partial charge >= 0.3 is 0 Å². The van der Waals surface area contributed by atoms with Crippen molar-refractivity contribution in [1.82, 2.24) is 10.2 Å². The highest BCUT2D eigenvalue weighted by Crippen LogP contribution is 2.22. The number of rotatable bonds is 8. The molecule has 0 aliphatic carbocycles. The second-order valence-electron chi connectivity index (χ2n) is 7.34. The molecule has 0 radical (unpaired) electrons. The van der Waals surface area contributed by atoms with Gasteiger partial charge in [0.25, 0.3) is 15.9 Å². The van der Waals surface area contributed by atoms with Crippen LogP contribution in [0.5, 0.6) is 0 Å². The summed E-state index contributed by atoms with van der Waals surface area (Å²) in [6, 6.07) is 11.4. The molecule has 31 heavy (non-hydrogen) atoms. The maximum Gasteiger partial charge on any atom is 0.261 e. The molecule has 3 rings (SSSR count). The predicted octanol–water partition coefficient (Wildman–Crippen LogP) is 4.03. The lowest BCUT2D eigenvalue weighted by Crippen LogP contribution is -2.34. The maximum absolute atomic E-state index is 13.1. The van der Waals surface area contributed by atoms with Crippen LogP contribution in [0.25, 0.3) is 0 Å². The van der Waals surface area contributed by atoms with Crippen LogP contribution in [0.15, 0.2) is 64.2 Å². The number of likely N-dealkylation sites (N-methyl/N-ethyl adjacent to an activating group) is 1. The van der Waals surface area contributed by atoms with Crippen LogP contribution in [-0.2, 0) is 10.0 Å². The fraction of sp³-hybridized carbons (Fsp3) is 0.227. The maximum atomic E-state index is 13.1. The van der Waals surface area contributed by atoms with E-state index in [4.69, 9.17) is 0 Å². The first-order chi connectivity index (χ1) is 14.7. The van der Waals surface area contributed by atoms with Crippen LogP contribution < -0.4 is 10.0 Å². The zero-order chi connectivity index (χ0) is 22.6. The molecule has 0 saturated heterocycles. The molecule has 2 aromatic carbocycles. The van der Waals surface area contributed by atoms with Crippen LogP contribution in [0.4, 0.5) is 10.1 Å². The summed E-state index contributed by atoms with van der Waals surface area (Å²) >= 11 is 1.59. The monoisotopic (exact) mass is 461 g/mol. The Balaban J connectivity index is 1.78. The second-order valence-corrected chi connectivity index (χ2v) is 9.80. The molecule has 0 saturated carbocycles. The Labute approximate surface area is 185 Å². The Hall–Kier alpha value is -2.75. The first-order valence-electron chi connectivity index (χ1n) is 9.53. The fourth-order valence-electron chi connectivity index (χ4n) is 3.09. The molecule has 9 heteroatoms. The molecule has 0 bridgehead atoms. The highest BCUT2D eigenvalue weighted by atomic mass is 32.2.